The van der Waals surface area contributed by atoms with E-state index in [0.29, 0.717) is 43.3 Å². The second kappa shape index (κ2) is 12.7. The third-order valence-corrected chi connectivity index (χ3v) is 11.6. The summed E-state index contributed by atoms with van der Waals surface area (Å²) >= 11 is 0. The van der Waals surface area contributed by atoms with E-state index in [-0.39, 0.29) is 31.6 Å². The number of fused-ring (bicyclic) bond motifs is 2. The fourth-order valence-electron chi connectivity index (χ4n) is 5.88. The lowest BCUT2D eigenvalue weighted by atomic mass is 9.84. The molecule has 0 radical (unpaired) electrons. The molecule has 9 nitrogen and oxygen atoms in total. The normalized spacial score (nSPS) is 25.7. The van der Waals surface area contributed by atoms with E-state index in [1.807, 2.05) is 24.8 Å². The van der Waals surface area contributed by atoms with Gasteiger partial charge in [0.15, 0.2) is 17.4 Å². The zero-order chi connectivity index (χ0) is 30.9. The van der Waals surface area contributed by atoms with E-state index in [1.54, 1.807) is 17.7 Å². The minimum absolute atomic E-state index is 0.195. The van der Waals surface area contributed by atoms with Crippen LogP contribution < -0.4 is 4.90 Å². The molecule has 0 N–H and O–H groups in total. The summed E-state index contributed by atoms with van der Waals surface area (Å²) in [4.78, 5) is 6.41. The van der Waals surface area contributed by atoms with Crippen molar-refractivity contribution in [3.8, 4) is 0 Å². The molecule has 2 aliphatic rings. The minimum atomic E-state index is -1.27. The van der Waals surface area contributed by atoms with Crippen molar-refractivity contribution in [2.24, 2.45) is 5.41 Å². The van der Waals surface area contributed by atoms with Crippen LogP contribution in [0.15, 0.2) is 25.0 Å². The smallest absolute Gasteiger partial charge is 0.163 e. The summed E-state index contributed by atoms with van der Waals surface area (Å²) in [5.41, 5.74) is 0.531. The summed E-state index contributed by atoms with van der Waals surface area (Å²) in [6.45, 7) is 24.1. The Morgan fingerprint density at radius 3 is 2.26 bits per heavy atom. The van der Waals surface area contributed by atoms with E-state index in [1.165, 1.54) is 6.33 Å². The first-order valence-corrected chi connectivity index (χ1v) is 22.4. The molecule has 0 amide bonds. The highest BCUT2D eigenvalue weighted by molar-refractivity contribution is 6.76. The van der Waals surface area contributed by atoms with Gasteiger partial charge in [-0.05, 0) is 38.4 Å². The molecule has 42 heavy (non-hydrogen) atoms. The van der Waals surface area contributed by atoms with Crippen molar-refractivity contribution < 1.29 is 28.1 Å². The molecule has 236 valence electrons. The number of halogens is 1. The second-order valence-corrected chi connectivity index (χ2v) is 25.9. The summed E-state index contributed by atoms with van der Waals surface area (Å²) in [5.74, 6) is -0.925. The van der Waals surface area contributed by atoms with Crippen LogP contribution in [0.1, 0.15) is 31.9 Å². The Balaban J connectivity index is 1.67. The third kappa shape index (κ3) is 7.51. The van der Waals surface area contributed by atoms with Gasteiger partial charge in [-0.25, -0.2) is 13.9 Å². The van der Waals surface area contributed by atoms with Crippen LogP contribution in [-0.4, -0.2) is 89.1 Å². The van der Waals surface area contributed by atoms with E-state index < -0.39 is 33.2 Å². The maximum atomic E-state index is 16.0. The molecule has 2 fully saturated rings. The van der Waals surface area contributed by atoms with Gasteiger partial charge in [0, 0.05) is 47.8 Å². The Labute approximate surface area is 252 Å². The van der Waals surface area contributed by atoms with Crippen molar-refractivity contribution in [2.75, 3.05) is 45.3 Å². The monoisotopic (exact) mass is 622 g/mol. The summed E-state index contributed by atoms with van der Waals surface area (Å²) in [5, 5.41) is 4.53. The van der Waals surface area contributed by atoms with Crippen molar-refractivity contribution in [3.63, 3.8) is 0 Å². The Kier molecular flexibility index (Phi) is 10.1. The highest BCUT2D eigenvalue weighted by Gasteiger charge is 2.61. The first kappa shape index (κ1) is 33.2. The lowest BCUT2D eigenvalue weighted by Gasteiger charge is -2.31. The summed E-state index contributed by atoms with van der Waals surface area (Å²) in [6.07, 6.45) is 3.42. The molecule has 1 aliphatic carbocycles. The number of nitrogens with zero attached hydrogens (tertiary/aromatic N) is 4. The standard InChI is InChI=1S/C30H51FN4O5Si2/c1-11-30(18-36-4)17-22(26-27(30)40-29(2,3)39-26)24-16-23(31)25-28(32-19-33-35(24)25)34(20-37-12-14-41(5,6)7)21-38-13-15-42(8,9)10/h11,16,19,22,26-27H,1,12-15,17-18,20-21H2,2-10H3/t22-,26-,27-,30-/m0/s1. The van der Waals surface area contributed by atoms with E-state index in [4.69, 9.17) is 23.7 Å². The van der Waals surface area contributed by atoms with Crippen molar-refractivity contribution >= 4 is 27.5 Å². The largest absolute Gasteiger partial charge is 0.384 e. The zero-order valence-corrected chi connectivity index (χ0v) is 29.0. The molecule has 1 saturated carbocycles. The highest BCUT2D eigenvalue weighted by atomic mass is 28.3. The van der Waals surface area contributed by atoms with Crippen molar-refractivity contribution in [3.05, 3.63) is 36.6 Å². The summed E-state index contributed by atoms with van der Waals surface area (Å²) < 4.78 is 48.3. The number of methoxy groups -OCH3 is 1. The van der Waals surface area contributed by atoms with Crippen LogP contribution in [0.2, 0.25) is 51.4 Å². The molecule has 3 heterocycles. The van der Waals surface area contributed by atoms with Gasteiger partial charge >= 0.3 is 0 Å². The van der Waals surface area contributed by atoms with Gasteiger partial charge in [-0.3, -0.25) is 0 Å². The van der Waals surface area contributed by atoms with Crippen LogP contribution in [-0.2, 0) is 23.7 Å². The molecule has 4 atom stereocenters. The molecular formula is C30H51FN4O5Si2. The number of anilines is 1. The summed E-state index contributed by atoms with van der Waals surface area (Å²) in [7, 11) is -0.858. The van der Waals surface area contributed by atoms with Gasteiger partial charge in [0.05, 0.1) is 24.5 Å². The van der Waals surface area contributed by atoms with E-state index in [0.717, 1.165) is 12.1 Å². The van der Waals surface area contributed by atoms with Gasteiger partial charge in [0.2, 0.25) is 0 Å². The Morgan fingerprint density at radius 1 is 1.10 bits per heavy atom. The van der Waals surface area contributed by atoms with Gasteiger partial charge in [-0.1, -0.05) is 45.4 Å². The van der Waals surface area contributed by atoms with Crippen molar-refractivity contribution in [1.82, 2.24) is 14.6 Å². The third-order valence-electron chi connectivity index (χ3n) is 8.19. The van der Waals surface area contributed by atoms with Gasteiger partial charge in [0.1, 0.15) is 25.3 Å². The SMILES string of the molecule is C=C[C@@]1(COC)C[C@@H](c2cc(F)c3c(N(COCC[Si](C)(C)C)COCC[Si](C)(C)C)ncnn23)[C@@H]2OC(C)(C)O[C@@H]21. The number of aromatic nitrogens is 3. The predicted octanol–water partition coefficient (Wildman–Crippen LogP) is 6.13. The number of ether oxygens (including phenoxy) is 5. The molecule has 2 aromatic rings. The van der Waals surface area contributed by atoms with E-state index in [2.05, 4.69) is 55.9 Å². The molecule has 0 spiro atoms. The van der Waals surface area contributed by atoms with Gasteiger partial charge in [-0.2, -0.15) is 5.10 Å². The van der Waals surface area contributed by atoms with Crippen molar-refractivity contribution in [2.45, 2.75) is 95.6 Å². The fraction of sp³-hybridized carbons (Fsp3) is 0.733. The van der Waals surface area contributed by atoms with Crippen LogP contribution >= 0.6 is 0 Å². The quantitative estimate of drug-likeness (QED) is 0.102. The Morgan fingerprint density at radius 2 is 1.71 bits per heavy atom. The number of hydrogen-bond donors (Lipinski definition) is 0. The summed E-state index contributed by atoms with van der Waals surface area (Å²) in [6, 6.07) is 3.64. The molecule has 1 saturated heterocycles. The van der Waals surface area contributed by atoms with E-state index in [9.17, 15) is 0 Å². The molecule has 2 aromatic heterocycles. The van der Waals surface area contributed by atoms with E-state index >= 15 is 4.39 Å². The number of hydrogen-bond acceptors (Lipinski definition) is 8. The lowest BCUT2D eigenvalue weighted by molar-refractivity contribution is -0.166. The molecular weight excluding hydrogens is 572 g/mol. The van der Waals surface area contributed by atoms with Crippen LogP contribution in [0, 0.1) is 11.2 Å². The van der Waals surface area contributed by atoms with Crippen LogP contribution in [0.5, 0.6) is 0 Å². The van der Waals surface area contributed by atoms with Gasteiger partial charge in [0.25, 0.3) is 0 Å². The maximum absolute atomic E-state index is 16.0. The number of rotatable bonds is 15. The van der Waals surface area contributed by atoms with Crippen molar-refractivity contribution in [1.29, 1.82) is 0 Å². The molecule has 0 aromatic carbocycles. The second-order valence-electron chi connectivity index (χ2n) is 14.7. The Hall–Kier alpha value is -1.68. The van der Waals surface area contributed by atoms with Crippen LogP contribution in [0.4, 0.5) is 10.2 Å². The molecule has 0 unspecified atom stereocenters. The molecule has 12 heteroatoms. The zero-order valence-electron chi connectivity index (χ0n) is 27.0. The lowest BCUT2D eigenvalue weighted by Crippen LogP contribution is -2.37. The van der Waals surface area contributed by atoms with Crippen LogP contribution in [0.3, 0.4) is 0 Å². The van der Waals surface area contributed by atoms with Crippen LogP contribution in [0.25, 0.3) is 5.52 Å². The average Bonchev–Trinajstić information content (AvgIpc) is 3.49. The van der Waals surface area contributed by atoms with Gasteiger partial charge in [-0.15, -0.1) is 6.58 Å². The Bertz CT molecular complexity index is 1210. The highest BCUT2D eigenvalue weighted by Crippen LogP contribution is 2.56. The first-order valence-electron chi connectivity index (χ1n) is 15.0. The fourth-order valence-corrected chi connectivity index (χ4v) is 7.39. The minimum Gasteiger partial charge on any atom is -0.384 e. The first-order chi connectivity index (χ1) is 19.6. The van der Waals surface area contributed by atoms with Gasteiger partial charge < -0.3 is 28.6 Å². The maximum Gasteiger partial charge on any atom is 0.163 e. The topological polar surface area (TPSA) is 79.6 Å². The molecule has 0 bridgehead atoms. The molecule has 4 rings (SSSR count). The average molecular weight is 623 g/mol. The molecule has 1 aliphatic heterocycles. The predicted molar refractivity (Wildman–Crippen MR) is 169 cm³/mol.